The molecule has 1 aliphatic rings. The molecule has 1 aliphatic heterocycles. The molecule has 0 bridgehead atoms. The number of anilines is 1. The molecule has 0 spiro atoms. The van der Waals surface area contributed by atoms with Gasteiger partial charge >= 0.3 is 0 Å². The van der Waals surface area contributed by atoms with Gasteiger partial charge in [0.25, 0.3) is 0 Å². The van der Waals surface area contributed by atoms with Crippen molar-refractivity contribution in [3.8, 4) is 5.75 Å². The Balaban J connectivity index is 1.68. The summed E-state index contributed by atoms with van der Waals surface area (Å²) in [5.41, 5.74) is 6.55. The fourth-order valence-corrected chi connectivity index (χ4v) is 3.24. The average molecular weight is 266 g/mol. The van der Waals surface area contributed by atoms with Crippen LogP contribution in [0, 0.1) is 0 Å². The van der Waals surface area contributed by atoms with Gasteiger partial charge < -0.3 is 10.5 Å². The van der Waals surface area contributed by atoms with Crippen LogP contribution in [0.2, 0.25) is 0 Å². The molecule has 3 nitrogen and oxygen atoms in total. The van der Waals surface area contributed by atoms with Crippen LogP contribution >= 0.6 is 11.8 Å². The van der Waals surface area contributed by atoms with Crippen LogP contribution in [0.3, 0.4) is 0 Å². The Kier molecular flexibility index (Phi) is 5.20. The van der Waals surface area contributed by atoms with Crippen LogP contribution in [-0.4, -0.2) is 42.1 Å². The topological polar surface area (TPSA) is 38.5 Å². The fourth-order valence-electron chi connectivity index (χ4n) is 2.16. The predicted octanol–water partition coefficient (Wildman–Crippen LogP) is 2.47. The van der Waals surface area contributed by atoms with Gasteiger partial charge in [0.2, 0.25) is 0 Å². The molecule has 0 aromatic heterocycles. The molecular formula is C14H22N2OS. The van der Waals surface area contributed by atoms with Gasteiger partial charge in [0.1, 0.15) is 5.75 Å². The van der Waals surface area contributed by atoms with E-state index < -0.39 is 0 Å². The van der Waals surface area contributed by atoms with Gasteiger partial charge in [0, 0.05) is 30.6 Å². The molecular weight excluding hydrogens is 244 g/mol. The highest BCUT2D eigenvalue weighted by atomic mass is 32.2. The predicted molar refractivity (Wildman–Crippen MR) is 79.3 cm³/mol. The summed E-state index contributed by atoms with van der Waals surface area (Å²) >= 11 is 2.06. The van der Waals surface area contributed by atoms with Gasteiger partial charge in [-0.25, -0.2) is 0 Å². The number of rotatable bonds is 5. The van der Waals surface area contributed by atoms with Gasteiger partial charge in [-0.05, 0) is 25.5 Å². The summed E-state index contributed by atoms with van der Waals surface area (Å²) in [6.07, 6.45) is 1.06. The highest BCUT2D eigenvalue weighted by Gasteiger charge is 2.17. The molecule has 1 fully saturated rings. The summed E-state index contributed by atoms with van der Waals surface area (Å²) in [6.45, 7) is 5.38. The summed E-state index contributed by atoms with van der Waals surface area (Å²) in [6, 6.07) is 8.38. The number of para-hydroxylation sites is 2. The molecule has 1 atom stereocenters. The number of nitrogens with two attached hydrogens (primary N) is 1. The molecule has 0 amide bonds. The Morgan fingerprint density at radius 3 is 3.06 bits per heavy atom. The zero-order chi connectivity index (χ0) is 12.8. The molecule has 1 unspecified atom stereocenters. The van der Waals surface area contributed by atoms with Crippen molar-refractivity contribution in [3.05, 3.63) is 24.3 Å². The highest BCUT2D eigenvalue weighted by molar-refractivity contribution is 7.99. The van der Waals surface area contributed by atoms with Crippen molar-refractivity contribution < 1.29 is 4.74 Å². The second-order valence-corrected chi connectivity index (χ2v) is 5.85. The molecule has 2 rings (SSSR count). The molecule has 4 heteroatoms. The third-order valence-electron chi connectivity index (χ3n) is 3.27. The molecule has 2 N–H and O–H groups in total. The van der Waals surface area contributed by atoms with Crippen LogP contribution < -0.4 is 10.5 Å². The molecule has 0 saturated carbocycles. The summed E-state index contributed by atoms with van der Waals surface area (Å²) in [5.74, 6) is 3.32. The van der Waals surface area contributed by atoms with Crippen molar-refractivity contribution in [2.45, 2.75) is 19.4 Å². The van der Waals surface area contributed by atoms with Crippen molar-refractivity contribution in [3.63, 3.8) is 0 Å². The van der Waals surface area contributed by atoms with E-state index in [0.29, 0.717) is 6.04 Å². The fraction of sp³-hybridized carbons (Fsp3) is 0.571. The first-order chi connectivity index (χ1) is 8.77. The lowest BCUT2D eigenvalue weighted by molar-refractivity contribution is 0.206. The van der Waals surface area contributed by atoms with Gasteiger partial charge in [-0.3, -0.25) is 4.90 Å². The van der Waals surface area contributed by atoms with Gasteiger partial charge in [0.05, 0.1) is 12.3 Å². The van der Waals surface area contributed by atoms with Crippen molar-refractivity contribution in [1.29, 1.82) is 0 Å². The standard InChI is InChI=1S/C14H22N2OS/c1-12-11-18-10-8-16(12)7-4-9-17-14-6-3-2-5-13(14)15/h2-3,5-6,12H,4,7-11,15H2,1H3. The third kappa shape index (κ3) is 3.82. The van der Waals surface area contributed by atoms with E-state index in [1.165, 1.54) is 18.1 Å². The van der Waals surface area contributed by atoms with Crippen LogP contribution in [-0.2, 0) is 0 Å². The number of hydrogen-bond acceptors (Lipinski definition) is 4. The summed E-state index contributed by atoms with van der Waals surface area (Å²) in [4.78, 5) is 2.55. The molecule has 1 aromatic rings. The Labute approximate surface area is 114 Å². The SMILES string of the molecule is CC1CSCCN1CCCOc1ccccc1N. The van der Waals surface area contributed by atoms with Gasteiger partial charge in [-0.1, -0.05) is 12.1 Å². The molecule has 0 aliphatic carbocycles. The van der Waals surface area contributed by atoms with Crippen LogP contribution in [0.25, 0.3) is 0 Å². The normalized spacial score (nSPS) is 20.8. The van der Waals surface area contributed by atoms with Crippen molar-refractivity contribution in [1.82, 2.24) is 4.90 Å². The quantitative estimate of drug-likeness (QED) is 0.656. The Hall–Kier alpha value is -0.870. The second-order valence-electron chi connectivity index (χ2n) is 4.70. The second kappa shape index (κ2) is 6.90. The van der Waals surface area contributed by atoms with Gasteiger partial charge in [-0.15, -0.1) is 0 Å². The van der Waals surface area contributed by atoms with Crippen molar-refractivity contribution >= 4 is 17.4 Å². The lowest BCUT2D eigenvalue weighted by Gasteiger charge is -2.32. The van der Waals surface area contributed by atoms with E-state index in [1.807, 2.05) is 24.3 Å². The maximum atomic E-state index is 5.83. The van der Waals surface area contributed by atoms with Crippen LogP contribution in [0.15, 0.2) is 24.3 Å². The van der Waals surface area contributed by atoms with Crippen molar-refractivity contribution in [2.75, 3.05) is 36.9 Å². The summed E-state index contributed by atoms with van der Waals surface area (Å²) < 4.78 is 5.71. The molecule has 1 aromatic carbocycles. The zero-order valence-corrected chi connectivity index (χ0v) is 11.8. The van der Waals surface area contributed by atoms with Crippen molar-refractivity contribution in [2.24, 2.45) is 0 Å². The number of hydrogen-bond donors (Lipinski definition) is 1. The Morgan fingerprint density at radius 2 is 2.28 bits per heavy atom. The smallest absolute Gasteiger partial charge is 0.142 e. The molecule has 100 valence electrons. The number of benzene rings is 1. The minimum atomic E-state index is 0.700. The van der Waals surface area contributed by atoms with Crippen LogP contribution in [0.5, 0.6) is 5.75 Å². The summed E-state index contributed by atoms with van der Waals surface area (Å²) in [7, 11) is 0. The van der Waals surface area contributed by atoms with E-state index in [0.717, 1.165) is 31.0 Å². The molecule has 1 heterocycles. The first kappa shape index (κ1) is 13.6. The van der Waals surface area contributed by atoms with E-state index in [-0.39, 0.29) is 0 Å². The van der Waals surface area contributed by atoms with E-state index in [1.54, 1.807) is 0 Å². The lowest BCUT2D eigenvalue weighted by atomic mass is 10.3. The van der Waals surface area contributed by atoms with Crippen LogP contribution in [0.4, 0.5) is 5.69 Å². The van der Waals surface area contributed by atoms with Crippen LogP contribution in [0.1, 0.15) is 13.3 Å². The largest absolute Gasteiger partial charge is 0.491 e. The minimum absolute atomic E-state index is 0.700. The first-order valence-corrected chi connectivity index (χ1v) is 7.72. The monoisotopic (exact) mass is 266 g/mol. The minimum Gasteiger partial charge on any atom is -0.491 e. The number of thioether (sulfide) groups is 1. The van der Waals surface area contributed by atoms with E-state index >= 15 is 0 Å². The maximum absolute atomic E-state index is 5.83. The molecule has 18 heavy (non-hydrogen) atoms. The zero-order valence-electron chi connectivity index (χ0n) is 11.0. The Morgan fingerprint density at radius 1 is 1.44 bits per heavy atom. The van der Waals surface area contributed by atoms with E-state index in [2.05, 4.69) is 23.6 Å². The average Bonchev–Trinajstić information content (AvgIpc) is 2.38. The van der Waals surface area contributed by atoms with Gasteiger partial charge in [-0.2, -0.15) is 11.8 Å². The Bertz CT molecular complexity index is 373. The number of ether oxygens (including phenoxy) is 1. The number of nitrogen functional groups attached to an aromatic ring is 1. The molecule has 0 radical (unpaired) electrons. The first-order valence-electron chi connectivity index (χ1n) is 6.56. The van der Waals surface area contributed by atoms with Gasteiger partial charge in [0.15, 0.2) is 0 Å². The third-order valence-corrected chi connectivity index (χ3v) is 4.46. The number of nitrogens with zero attached hydrogens (tertiary/aromatic N) is 1. The lowest BCUT2D eigenvalue weighted by Crippen LogP contribution is -2.41. The summed E-state index contributed by atoms with van der Waals surface area (Å²) in [5, 5.41) is 0. The maximum Gasteiger partial charge on any atom is 0.142 e. The van der Waals surface area contributed by atoms with E-state index in [4.69, 9.17) is 10.5 Å². The molecule has 1 saturated heterocycles. The highest BCUT2D eigenvalue weighted by Crippen LogP contribution is 2.20. The van der Waals surface area contributed by atoms with E-state index in [9.17, 15) is 0 Å².